The van der Waals surface area contributed by atoms with Crippen LogP contribution in [0, 0.1) is 0 Å². The number of ether oxygens (including phenoxy) is 2. The summed E-state index contributed by atoms with van der Waals surface area (Å²) in [4.78, 5) is 14.3. The van der Waals surface area contributed by atoms with E-state index in [1.54, 1.807) is 6.92 Å². The SMILES string of the molecule is CCOC(=O)c1[nH]ccc1Oc1ccc(C(F)(F)F)cc1N. The van der Waals surface area contributed by atoms with Crippen molar-refractivity contribution in [2.45, 2.75) is 13.1 Å². The molecule has 0 aliphatic heterocycles. The fourth-order valence-electron chi connectivity index (χ4n) is 1.74. The first-order valence-electron chi connectivity index (χ1n) is 6.32. The van der Waals surface area contributed by atoms with Crippen LogP contribution in [0.2, 0.25) is 0 Å². The summed E-state index contributed by atoms with van der Waals surface area (Å²) < 4.78 is 47.9. The van der Waals surface area contributed by atoms with E-state index in [1.165, 1.54) is 12.3 Å². The fourth-order valence-corrected chi connectivity index (χ4v) is 1.74. The Morgan fingerprint density at radius 1 is 1.27 bits per heavy atom. The van der Waals surface area contributed by atoms with Crippen LogP contribution in [0.1, 0.15) is 23.0 Å². The van der Waals surface area contributed by atoms with Crippen LogP contribution in [0.3, 0.4) is 0 Å². The molecule has 0 radical (unpaired) electrons. The maximum atomic E-state index is 12.6. The van der Waals surface area contributed by atoms with Gasteiger partial charge in [0.1, 0.15) is 5.75 Å². The quantitative estimate of drug-likeness (QED) is 0.668. The Bertz CT molecular complexity index is 680. The summed E-state index contributed by atoms with van der Waals surface area (Å²) in [6, 6.07) is 4.16. The normalized spacial score (nSPS) is 11.3. The van der Waals surface area contributed by atoms with Gasteiger partial charge < -0.3 is 20.2 Å². The zero-order valence-electron chi connectivity index (χ0n) is 11.5. The molecule has 0 aliphatic rings. The van der Waals surface area contributed by atoms with E-state index < -0.39 is 17.7 Å². The van der Waals surface area contributed by atoms with Gasteiger partial charge in [-0.3, -0.25) is 0 Å². The molecular formula is C14H13F3N2O3. The molecule has 0 saturated heterocycles. The summed E-state index contributed by atoms with van der Waals surface area (Å²) in [5.41, 5.74) is 4.56. The van der Waals surface area contributed by atoms with Gasteiger partial charge in [0.25, 0.3) is 0 Å². The van der Waals surface area contributed by atoms with Gasteiger partial charge in [0.15, 0.2) is 11.4 Å². The molecule has 2 rings (SSSR count). The second-order valence-electron chi connectivity index (χ2n) is 4.29. The number of benzene rings is 1. The Hall–Kier alpha value is -2.64. The van der Waals surface area contributed by atoms with Crippen molar-refractivity contribution in [2.24, 2.45) is 0 Å². The number of rotatable bonds is 4. The standard InChI is InChI=1S/C14H13F3N2O3/c1-2-21-13(20)12-11(5-6-19-12)22-10-4-3-8(7-9(10)18)14(15,16)17/h3-7,19H,2,18H2,1H3. The molecule has 0 atom stereocenters. The number of carbonyl (C=O) groups excluding carboxylic acids is 1. The first kappa shape index (κ1) is 15.7. The van der Waals surface area contributed by atoms with Crippen molar-refractivity contribution in [1.82, 2.24) is 4.98 Å². The molecule has 118 valence electrons. The number of esters is 1. The van der Waals surface area contributed by atoms with E-state index in [-0.39, 0.29) is 29.5 Å². The maximum Gasteiger partial charge on any atom is 0.416 e. The number of nitrogen functional groups attached to an aromatic ring is 1. The first-order chi connectivity index (χ1) is 10.3. The number of carbonyl (C=O) groups is 1. The molecule has 2 aromatic rings. The zero-order valence-corrected chi connectivity index (χ0v) is 11.5. The van der Waals surface area contributed by atoms with Crippen molar-refractivity contribution in [3.8, 4) is 11.5 Å². The molecule has 3 N–H and O–H groups in total. The average molecular weight is 314 g/mol. The van der Waals surface area contributed by atoms with Crippen LogP contribution in [0.5, 0.6) is 11.5 Å². The number of aromatic nitrogens is 1. The number of anilines is 1. The van der Waals surface area contributed by atoms with Crippen molar-refractivity contribution < 1.29 is 27.4 Å². The average Bonchev–Trinajstić information content (AvgIpc) is 2.88. The lowest BCUT2D eigenvalue weighted by Gasteiger charge is -2.12. The largest absolute Gasteiger partial charge is 0.461 e. The number of halogens is 3. The Morgan fingerprint density at radius 2 is 2.00 bits per heavy atom. The second kappa shape index (κ2) is 6.00. The van der Waals surface area contributed by atoms with Crippen LogP contribution < -0.4 is 10.5 Å². The van der Waals surface area contributed by atoms with E-state index in [0.717, 1.165) is 18.2 Å². The Kier molecular flexibility index (Phi) is 4.30. The van der Waals surface area contributed by atoms with Crippen LogP contribution >= 0.6 is 0 Å². The Labute approximate surface area is 123 Å². The number of nitrogens with two attached hydrogens (primary N) is 1. The lowest BCUT2D eigenvalue weighted by molar-refractivity contribution is -0.137. The molecule has 0 aliphatic carbocycles. The number of aromatic amines is 1. The lowest BCUT2D eigenvalue weighted by Crippen LogP contribution is -2.07. The van der Waals surface area contributed by atoms with Gasteiger partial charge in [-0.15, -0.1) is 0 Å². The van der Waals surface area contributed by atoms with Crippen molar-refractivity contribution in [3.05, 3.63) is 41.7 Å². The Balaban J connectivity index is 2.25. The van der Waals surface area contributed by atoms with Crippen LogP contribution in [0.25, 0.3) is 0 Å². The van der Waals surface area contributed by atoms with Crippen molar-refractivity contribution >= 4 is 11.7 Å². The molecule has 0 fully saturated rings. The predicted molar refractivity (Wildman–Crippen MR) is 72.7 cm³/mol. The number of hydrogen-bond donors (Lipinski definition) is 2. The monoisotopic (exact) mass is 314 g/mol. The van der Waals surface area contributed by atoms with Crippen LogP contribution in [0.15, 0.2) is 30.5 Å². The van der Waals surface area contributed by atoms with E-state index in [4.69, 9.17) is 15.2 Å². The third-order valence-corrected chi connectivity index (χ3v) is 2.75. The summed E-state index contributed by atoms with van der Waals surface area (Å²) in [5, 5.41) is 0. The van der Waals surface area contributed by atoms with Crippen molar-refractivity contribution in [2.75, 3.05) is 12.3 Å². The molecular weight excluding hydrogens is 301 g/mol. The molecule has 8 heteroatoms. The molecule has 0 amide bonds. The van der Waals surface area contributed by atoms with Crippen molar-refractivity contribution in [1.29, 1.82) is 0 Å². The minimum absolute atomic E-state index is 0.0122. The van der Waals surface area contributed by atoms with Gasteiger partial charge in [-0.05, 0) is 31.2 Å². The molecule has 0 unspecified atom stereocenters. The third kappa shape index (κ3) is 3.33. The van der Waals surface area contributed by atoms with Gasteiger partial charge in [-0.1, -0.05) is 0 Å². The molecule has 22 heavy (non-hydrogen) atoms. The number of alkyl halides is 3. The molecule has 0 spiro atoms. The van der Waals surface area contributed by atoms with Gasteiger partial charge in [0, 0.05) is 6.20 Å². The number of hydrogen-bond acceptors (Lipinski definition) is 4. The van der Waals surface area contributed by atoms with Gasteiger partial charge in [-0.2, -0.15) is 13.2 Å². The highest BCUT2D eigenvalue weighted by Gasteiger charge is 2.31. The minimum atomic E-state index is -4.49. The van der Waals surface area contributed by atoms with Crippen molar-refractivity contribution in [3.63, 3.8) is 0 Å². The summed E-state index contributed by atoms with van der Waals surface area (Å²) in [7, 11) is 0. The lowest BCUT2D eigenvalue weighted by atomic mass is 10.2. The summed E-state index contributed by atoms with van der Waals surface area (Å²) in [6.07, 6.45) is -3.04. The smallest absolute Gasteiger partial charge is 0.416 e. The zero-order chi connectivity index (χ0) is 16.3. The maximum absolute atomic E-state index is 12.6. The van der Waals surface area contributed by atoms with Gasteiger partial charge >= 0.3 is 12.1 Å². The van der Waals surface area contributed by atoms with Crippen LogP contribution in [0.4, 0.5) is 18.9 Å². The summed E-state index contributed by atoms with van der Waals surface area (Å²) >= 11 is 0. The van der Waals surface area contributed by atoms with E-state index in [2.05, 4.69) is 4.98 Å². The summed E-state index contributed by atoms with van der Waals surface area (Å²) in [6.45, 7) is 1.83. The predicted octanol–water partition coefficient (Wildman–Crippen LogP) is 3.58. The minimum Gasteiger partial charge on any atom is -0.461 e. The molecule has 1 aromatic carbocycles. The van der Waals surface area contributed by atoms with Crippen LogP contribution in [-0.4, -0.2) is 17.6 Å². The molecule has 0 bridgehead atoms. The Morgan fingerprint density at radius 3 is 2.59 bits per heavy atom. The highest BCUT2D eigenvalue weighted by atomic mass is 19.4. The molecule has 5 nitrogen and oxygen atoms in total. The highest BCUT2D eigenvalue weighted by Crippen LogP contribution is 2.36. The second-order valence-corrected chi connectivity index (χ2v) is 4.29. The third-order valence-electron chi connectivity index (χ3n) is 2.75. The van der Waals surface area contributed by atoms with E-state index in [0.29, 0.717) is 0 Å². The fraction of sp³-hybridized carbons (Fsp3) is 0.214. The molecule has 1 heterocycles. The van der Waals surface area contributed by atoms with Crippen LogP contribution in [-0.2, 0) is 10.9 Å². The topological polar surface area (TPSA) is 77.3 Å². The van der Waals surface area contributed by atoms with E-state index >= 15 is 0 Å². The summed E-state index contributed by atoms with van der Waals surface area (Å²) in [5.74, 6) is -0.504. The van der Waals surface area contributed by atoms with E-state index in [1.807, 2.05) is 0 Å². The van der Waals surface area contributed by atoms with Gasteiger partial charge in [0.05, 0.1) is 17.9 Å². The van der Waals surface area contributed by atoms with E-state index in [9.17, 15) is 18.0 Å². The number of nitrogens with one attached hydrogen (secondary N) is 1. The molecule has 1 aromatic heterocycles. The van der Waals surface area contributed by atoms with Gasteiger partial charge in [-0.25, -0.2) is 4.79 Å². The molecule has 0 saturated carbocycles. The first-order valence-corrected chi connectivity index (χ1v) is 6.32. The highest BCUT2D eigenvalue weighted by molar-refractivity contribution is 5.90. The van der Waals surface area contributed by atoms with Gasteiger partial charge in [0.2, 0.25) is 0 Å². The number of H-pyrrole nitrogens is 1.